The first-order chi connectivity index (χ1) is 11.8. The number of hydrogen-bond donors (Lipinski definition) is 1. The number of ether oxygens (including phenoxy) is 2. The number of rotatable bonds is 5. The molecule has 2 amide bonds. The summed E-state index contributed by atoms with van der Waals surface area (Å²) in [6.07, 6.45) is 1.20. The van der Waals surface area contributed by atoms with Crippen LogP contribution in [-0.4, -0.2) is 42.2 Å². The quantitative estimate of drug-likeness (QED) is 0.887. The van der Waals surface area contributed by atoms with Gasteiger partial charge in [0.05, 0.1) is 6.10 Å². The van der Waals surface area contributed by atoms with E-state index in [9.17, 15) is 9.59 Å². The van der Waals surface area contributed by atoms with E-state index in [1.807, 2.05) is 51.1 Å². The second kappa shape index (κ2) is 8.34. The zero-order valence-corrected chi connectivity index (χ0v) is 15.2. The smallest absolute Gasteiger partial charge is 0.410 e. The molecule has 0 saturated carbocycles. The Morgan fingerprint density at radius 1 is 1.28 bits per heavy atom. The van der Waals surface area contributed by atoms with E-state index in [0.717, 1.165) is 18.4 Å². The molecule has 2 N–H and O–H groups in total. The van der Waals surface area contributed by atoms with E-state index < -0.39 is 11.5 Å². The average Bonchev–Trinajstić information content (AvgIpc) is 2.54. The van der Waals surface area contributed by atoms with Crippen LogP contribution >= 0.6 is 0 Å². The van der Waals surface area contributed by atoms with Crippen molar-refractivity contribution in [2.24, 2.45) is 11.7 Å². The second-order valence-electron chi connectivity index (χ2n) is 7.44. The Labute approximate surface area is 149 Å². The van der Waals surface area contributed by atoms with E-state index in [4.69, 9.17) is 15.2 Å². The van der Waals surface area contributed by atoms with Crippen molar-refractivity contribution in [3.8, 4) is 0 Å². The molecule has 2 rings (SSSR count). The van der Waals surface area contributed by atoms with Gasteiger partial charge < -0.3 is 20.1 Å². The van der Waals surface area contributed by atoms with Crippen molar-refractivity contribution < 1.29 is 19.1 Å². The van der Waals surface area contributed by atoms with Crippen LogP contribution in [0, 0.1) is 5.92 Å². The third-order valence-electron chi connectivity index (χ3n) is 4.07. The minimum atomic E-state index is -0.522. The van der Waals surface area contributed by atoms with Crippen molar-refractivity contribution in [3.05, 3.63) is 35.9 Å². The van der Waals surface area contributed by atoms with Gasteiger partial charge in [0.2, 0.25) is 5.91 Å². The van der Waals surface area contributed by atoms with Crippen molar-refractivity contribution in [3.63, 3.8) is 0 Å². The highest BCUT2D eigenvalue weighted by atomic mass is 16.6. The van der Waals surface area contributed by atoms with E-state index in [1.165, 1.54) is 0 Å². The molecule has 0 radical (unpaired) electrons. The van der Waals surface area contributed by atoms with Gasteiger partial charge >= 0.3 is 6.09 Å². The standard InChI is InChI=1S/C19H28N2O4/c1-19(2,3)25-18(23)21-11-7-10-15(12-21)17(24-13-16(20)22)14-8-5-4-6-9-14/h4-6,8-9,15,17H,7,10-13H2,1-3H3,(H2,20,22). The molecule has 0 aliphatic carbocycles. The second-order valence-corrected chi connectivity index (χ2v) is 7.44. The molecule has 1 saturated heterocycles. The van der Waals surface area contributed by atoms with Crippen LogP contribution in [0.4, 0.5) is 4.79 Å². The highest BCUT2D eigenvalue weighted by Crippen LogP contribution is 2.33. The third-order valence-corrected chi connectivity index (χ3v) is 4.07. The van der Waals surface area contributed by atoms with Gasteiger partial charge in [0, 0.05) is 19.0 Å². The minimum absolute atomic E-state index is 0.0861. The van der Waals surface area contributed by atoms with Crippen molar-refractivity contribution in [2.45, 2.75) is 45.3 Å². The lowest BCUT2D eigenvalue weighted by molar-refractivity contribution is -0.126. The van der Waals surface area contributed by atoms with Crippen molar-refractivity contribution >= 4 is 12.0 Å². The van der Waals surface area contributed by atoms with Gasteiger partial charge in [0.1, 0.15) is 12.2 Å². The first kappa shape index (κ1) is 19.2. The fourth-order valence-electron chi connectivity index (χ4n) is 3.07. The summed E-state index contributed by atoms with van der Waals surface area (Å²) in [5.41, 5.74) is 5.71. The van der Waals surface area contributed by atoms with E-state index in [2.05, 4.69) is 0 Å². The number of hydrogen-bond acceptors (Lipinski definition) is 4. The molecular formula is C19H28N2O4. The normalized spacial score (nSPS) is 19.3. The molecule has 25 heavy (non-hydrogen) atoms. The molecule has 2 atom stereocenters. The highest BCUT2D eigenvalue weighted by Gasteiger charge is 2.33. The molecular weight excluding hydrogens is 320 g/mol. The summed E-state index contributed by atoms with van der Waals surface area (Å²) >= 11 is 0. The van der Waals surface area contributed by atoms with E-state index in [-0.39, 0.29) is 24.7 Å². The van der Waals surface area contributed by atoms with Crippen molar-refractivity contribution in [1.82, 2.24) is 4.90 Å². The number of carbonyl (C=O) groups is 2. The average molecular weight is 348 g/mol. The molecule has 1 heterocycles. The lowest BCUT2D eigenvalue weighted by Gasteiger charge is -2.37. The number of nitrogens with zero attached hydrogens (tertiary/aromatic N) is 1. The van der Waals surface area contributed by atoms with E-state index >= 15 is 0 Å². The van der Waals surface area contributed by atoms with Gasteiger partial charge in [-0.2, -0.15) is 0 Å². The highest BCUT2D eigenvalue weighted by molar-refractivity contribution is 5.75. The van der Waals surface area contributed by atoms with Gasteiger partial charge in [-0.05, 0) is 39.2 Å². The lowest BCUT2D eigenvalue weighted by Crippen LogP contribution is -2.44. The molecule has 1 aliphatic rings. The zero-order chi connectivity index (χ0) is 18.4. The monoisotopic (exact) mass is 348 g/mol. The van der Waals surface area contributed by atoms with Crippen molar-refractivity contribution in [1.29, 1.82) is 0 Å². The molecule has 1 aromatic carbocycles. The fourth-order valence-corrected chi connectivity index (χ4v) is 3.07. The van der Waals surface area contributed by atoms with Gasteiger partial charge in [0.15, 0.2) is 0 Å². The Hall–Kier alpha value is -2.08. The summed E-state index contributed by atoms with van der Waals surface area (Å²) in [6, 6.07) is 9.74. The predicted octanol–water partition coefficient (Wildman–Crippen LogP) is 2.88. The van der Waals surface area contributed by atoms with E-state index in [1.54, 1.807) is 4.90 Å². The first-order valence-corrected chi connectivity index (χ1v) is 8.69. The van der Waals surface area contributed by atoms with Gasteiger partial charge in [-0.25, -0.2) is 4.79 Å². The summed E-state index contributed by atoms with van der Waals surface area (Å²) in [5, 5.41) is 0. The maximum Gasteiger partial charge on any atom is 0.410 e. The van der Waals surface area contributed by atoms with Crippen LogP contribution in [0.2, 0.25) is 0 Å². The van der Waals surface area contributed by atoms with Crippen LogP contribution in [0.25, 0.3) is 0 Å². The molecule has 6 nitrogen and oxygen atoms in total. The van der Waals surface area contributed by atoms with Gasteiger partial charge in [-0.1, -0.05) is 30.3 Å². The number of amides is 2. The summed E-state index contributed by atoms with van der Waals surface area (Å²) in [6.45, 7) is 6.64. The largest absolute Gasteiger partial charge is 0.444 e. The number of piperidine rings is 1. The predicted molar refractivity (Wildman–Crippen MR) is 94.9 cm³/mol. The summed E-state index contributed by atoms with van der Waals surface area (Å²) < 4.78 is 11.3. The molecule has 0 aromatic heterocycles. The number of carbonyl (C=O) groups excluding carboxylic acids is 2. The zero-order valence-electron chi connectivity index (χ0n) is 15.2. The molecule has 6 heteroatoms. The number of benzene rings is 1. The molecule has 1 aromatic rings. The minimum Gasteiger partial charge on any atom is -0.444 e. The maximum absolute atomic E-state index is 12.4. The molecule has 0 bridgehead atoms. The summed E-state index contributed by atoms with van der Waals surface area (Å²) in [7, 11) is 0. The molecule has 138 valence electrons. The Morgan fingerprint density at radius 3 is 2.56 bits per heavy atom. The van der Waals surface area contributed by atoms with Crippen LogP contribution in [0.5, 0.6) is 0 Å². The maximum atomic E-state index is 12.4. The lowest BCUT2D eigenvalue weighted by atomic mass is 9.88. The van der Waals surface area contributed by atoms with Gasteiger partial charge in [-0.3, -0.25) is 4.79 Å². The van der Waals surface area contributed by atoms with E-state index in [0.29, 0.717) is 13.1 Å². The van der Waals surface area contributed by atoms with Crippen LogP contribution in [0.1, 0.15) is 45.3 Å². The van der Waals surface area contributed by atoms with Crippen molar-refractivity contribution in [2.75, 3.05) is 19.7 Å². The van der Waals surface area contributed by atoms with Gasteiger partial charge in [-0.15, -0.1) is 0 Å². The molecule has 1 aliphatic heterocycles. The first-order valence-electron chi connectivity index (χ1n) is 8.69. The number of nitrogens with two attached hydrogens (primary N) is 1. The summed E-state index contributed by atoms with van der Waals surface area (Å²) in [5.74, 6) is -0.413. The Balaban J connectivity index is 2.11. The Morgan fingerprint density at radius 2 is 1.96 bits per heavy atom. The number of primary amides is 1. The third kappa shape index (κ3) is 6.05. The molecule has 0 spiro atoms. The molecule has 1 fully saturated rings. The van der Waals surface area contributed by atoms with Gasteiger partial charge in [0.25, 0.3) is 0 Å². The SMILES string of the molecule is CC(C)(C)OC(=O)N1CCCC(C(OCC(N)=O)c2ccccc2)C1. The Kier molecular flexibility index (Phi) is 6.42. The molecule has 2 unspecified atom stereocenters. The van der Waals surface area contributed by atoms with Crippen LogP contribution in [0.15, 0.2) is 30.3 Å². The summed E-state index contributed by atoms with van der Waals surface area (Å²) in [4.78, 5) is 25.3. The van der Waals surface area contributed by atoms with Crippen LogP contribution < -0.4 is 5.73 Å². The van der Waals surface area contributed by atoms with Crippen LogP contribution in [-0.2, 0) is 14.3 Å². The number of likely N-dealkylation sites (tertiary alicyclic amines) is 1. The topological polar surface area (TPSA) is 81.9 Å². The van der Waals surface area contributed by atoms with Crippen LogP contribution in [0.3, 0.4) is 0 Å². The Bertz CT molecular complexity index is 583. The fraction of sp³-hybridized carbons (Fsp3) is 0.579.